The van der Waals surface area contributed by atoms with Gasteiger partial charge in [0.1, 0.15) is 5.56 Å². The third kappa shape index (κ3) is 3.00. The van der Waals surface area contributed by atoms with E-state index in [4.69, 9.17) is 9.84 Å². The molecule has 0 fully saturated rings. The number of hydrogen-bond acceptors (Lipinski definition) is 4. The molecule has 0 saturated carbocycles. The third-order valence-corrected chi connectivity index (χ3v) is 3.00. The van der Waals surface area contributed by atoms with Crippen LogP contribution < -0.4 is 9.64 Å². The lowest BCUT2D eigenvalue weighted by atomic mass is 10.2. The first-order valence-corrected chi connectivity index (χ1v) is 6.15. The number of carbonyl (C=O) groups is 2. The van der Waals surface area contributed by atoms with Gasteiger partial charge in [-0.15, -0.1) is 0 Å². The maximum absolute atomic E-state index is 12.4. The molecule has 0 aliphatic rings. The monoisotopic (exact) mass is 286 g/mol. The molecule has 0 radical (unpaired) electrons. The maximum Gasteiger partial charge on any atom is 0.335 e. The second kappa shape index (κ2) is 6.04. The molecule has 6 nitrogen and oxygen atoms in total. The highest BCUT2D eigenvalue weighted by molar-refractivity contribution is 6.07. The average Bonchev–Trinajstić information content (AvgIpc) is 2.53. The molecule has 0 aliphatic carbocycles. The van der Waals surface area contributed by atoms with Gasteiger partial charge in [0, 0.05) is 18.9 Å². The van der Waals surface area contributed by atoms with Crippen molar-refractivity contribution in [3.8, 4) is 5.88 Å². The number of carboxylic acids is 1. The molecular weight excluding hydrogens is 272 g/mol. The Morgan fingerprint density at radius 3 is 2.43 bits per heavy atom. The molecule has 1 amide bonds. The molecule has 2 rings (SSSR count). The zero-order valence-electron chi connectivity index (χ0n) is 11.6. The Balaban J connectivity index is 2.28. The van der Waals surface area contributed by atoms with Crippen LogP contribution in [-0.4, -0.2) is 36.1 Å². The molecule has 1 aromatic carbocycles. The summed E-state index contributed by atoms with van der Waals surface area (Å²) in [6.45, 7) is 0. The van der Waals surface area contributed by atoms with Crippen molar-refractivity contribution in [2.75, 3.05) is 19.1 Å². The molecule has 0 atom stereocenters. The highest BCUT2D eigenvalue weighted by atomic mass is 16.5. The van der Waals surface area contributed by atoms with Crippen molar-refractivity contribution in [3.63, 3.8) is 0 Å². The van der Waals surface area contributed by atoms with Crippen molar-refractivity contribution in [3.05, 3.63) is 53.7 Å². The van der Waals surface area contributed by atoms with Gasteiger partial charge in [-0.3, -0.25) is 4.79 Å². The molecule has 1 N–H and O–H groups in total. The number of benzene rings is 1. The minimum atomic E-state index is -1.01. The topological polar surface area (TPSA) is 79.7 Å². The van der Waals surface area contributed by atoms with E-state index in [0.29, 0.717) is 11.3 Å². The van der Waals surface area contributed by atoms with Gasteiger partial charge in [-0.1, -0.05) is 0 Å². The van der Waals surface area contributed by atoms with Gasteiger partial charge in [0.05, 0.1) is 12.7 Å². The van der Waals surface area contributed by atoms with Crippen molar-refractivity contribution >= 4 is 17.6 Å². The molecule has 108 valence electrons. The Hall–Kier alpha value is -2.89. The lowest BCUT2D eigenvalue weighted by molar-refractivity contribution is 0.0696. The second-order valence-electron chi connectivity index (χ2n) is 4.28. The number of rotatable bonds is 4. The number of carbonyl (C=O) groups excluding carboxylic acids is 1. The van der Waals surface area contributed by atoms with Gasteiger partial charge in [-0.25, -0.2) is 9.78 Å². The Morgan fingerprint density at radius 2 is 1.86 bits per heavy atom. The van der Waals surface area contributed by atoms with Crippen molar-refractivity contribution in [1.82, 2.24) is 4.98 Å². The summed E-state index contributed by atoms with van der Waals surface area (Å²) < 4.78 is 5.07. The van der Waals surface area contributed by atoms with Crippen LogP contribution in [0.2, 0.25) is 0 Å². The van der Waals surface area contributed by atoms with E-state index in [-0.39, 0.29) is 17.4 Å². The number of pyridine rings is 1. The minimum Gasteiger partial charge on any atom is -0.480 e. The quantitative estimate of drug-likeness (QED) is 0.930. The Labute approximate surface area is 121 Å². The van der Waals surface area contributed by atoms with Crippen molar-refractivity contribution < 1.29 is 19.4 Å². The van der Waals surface area contributed by atoms with E-state index in [9.17, 15) is 9.59 Å². The van der Waals surface area contributed by atoms with Crippen molar-refractivity contribution in [2.45, 2.75) is 0 Å². The summed E-state index contributed by atoms with van der Waals surface area (Å²) in [5, 5.41) is 8.86. The van der Waals surface area contributed by atoms with Crippen LogP contribution in [0.5, 0.6) is 5.88 Å². The molecule has 0 aliphatic heterocycles. The molecule has 1 heterocycles. The number of aromatic carboxylic acids is 1. The van der Waals surface area contributed by atoms with Gasteiger partial charge in [0.25, 0.3) is 5.91 Å². The van der Waals surface area contributed by atoms with Crippen LogP contribution in [0, 0.1) is 0 Å². The van der Waals surface area contributed by atoms with Gasteiger partial charge < -0.3 is 14.7 Å². The fraction of sp³-hybridized carbons (Fsp3) is 0.133. The van der Waals surface area contributed by atoms with E-state index in [1.807, 2.05) is 0 Å². The molecule has 1 aromatic heterocycles. The Kier molecular flexibility index (Phi) is 4.18. The summed E-state index contributed by atoms with van der Waals surface area (Å²) in [6, 6.07) is 9.31. The molecule has 0 bridgehead atoms. The molecule has 2 aromatic rings. The SMILES string of the molecule is COc1ncccc1C(=O)N(C)c1ccc(C(=O)O)cc1. The van der Waals surface area contributed by atoms with E-state index in [1.54, 1.807) is 31.3 Å². The summed E-state index contributed by atoms with van der Waals surface area (Å²) >= 11 is 0. The van der Waals surface area contributed by atoms with Gasteiger partial charge in [0.2, 0.25) is 5.88 Å². The number of ether oxygens (including phenoxy) is 1. The number of hydrogen-bond donors (Lipinski definition) is 1. The first-order valence-electron chi connectivity index (χ1n) is 6.15. The lowest BCUT2D eigenvalue weighted by Crippen LogP contribution is -2.26. The number of anilines is 1. The maximum atomic E-state index is 12.4. The molecule has 0 saturated heterocycles. The van der Waals surface area contributed by atoms with Gasteiger partial charge in [0.15, 0.2) is 0 Å². The predicted molar refractivity (Wildman–Crippen MR) is 76.9 cm³/mol. The average molecular weight is 286 g/mol. The van der Waals surface area contributed by atoms with Crippen LogP contribution in [0.25, 0.3) is 0 Å². The van der Waals surface area contributed by atoms with Crippen molar-refractivity contribution in [1.29, 1.82) is 0 Å². The van der Waals surface area contributed by atoms with Crippen LogP contribution >= 0.6 is 0 Å². The van der Waals surface area contributed by atoms with Crippen LogP contribution in [0.15, 0.2) is 42.6 Å². The predicted octanol–water partition coefficient (Wildman–Crippen LogP) is 2.06. The number of amides is 1. The number of aromatic nitrogens is 1. The highest BCUT2D eigenvalue weighted by Gasteiger charge is 2.18. The lowest BCUT2D eigenvalue weighted by Gasteiger charge is -2.18. The Bertz CT molecular complexity index is 668. The zero-order chi connectivity index (χ0) is 15.4. The van der Waals surface area contributed by atoms with Gasteiger partial charge >= 0.3 is 5.97 Å². The van der Waals surface area contributed by atoms with Gasteiger partial charge in [-0.05, 0) is 36.4 Å². The first-order chi connectivity index (χ1) is 10.0. The van der Waals surface area contributed by atoms with E-state index >= 15 is 0 Å². The van der Waals surface area contributed by atoms with E-state index < -0.39 is 5.97 Å². The summed E-state index contributed by atoms with van der Waals surface area (Å²) in [4.78, 5) is 28.6. The summed E-state index contributed by atoms with van der Waals surface area (Å²) in [7, 11) is 3.05. The van der Waals surface area contributed by atoms with Crippen LogP contribution in [0.1, 0.15) is 20.7 Å². The molecule has 6 heteroatoms. The van der Waals surface area contributed by atoms with E-state index in [1.165, 1.54) is 30.3 Å². The number of nitrogens with zero attached hydrogens (tertiary/aromatic N) is 2. The minimum absolute atomic E-state index is 0.165. The summed E-state index contributed by atoms with van der Waals surface area (Å²) in [5.74, 6) is -1.05. The zero-order valence-corrected chi connectivity index (χ0v) is 11.6. The summed E-state index contributed by atoms with van der Waals surface area (Å²) in [6.07, 6.45) is 1.54. The molecular formula is C15H14N2O4. The largest absolute Gasteiger partial charge is 0.480 e. The van der Waals surface area contributed by atoms with Crippen molar-refractivity contribution in [2.24, 2.45) is 0 Å². The molecule has 0 unspecified atom stereocenters. The first kappa shape index (κ1) is 14.5. The second-order valence-corrected chi connectivity index (χ2v) is 4.28. The Morgan fingerprint density at radius 1 is 1.19 bits per heavy atom. The van der Waals surface area contributed by atoms with E-state index in [2.05, 4.69) is 4.98 Å². The fourth-order valence-electron chi connectivity index (χ4n) is 1.84. The fourth-order valence-corrected chi connectivity index (χ4v) is 1.84. The van der Waals surface area contributed by atoms with Crippen LogP contribution in [-0.2, 0) is 0 Å². The molecule has 21 heavy (non-hydrogen) atoms. The normalized spacial score (nSPS) is 10.0. The number of carboxylic acid groups (broad SMARTS) is 1. The van der Waals surface area contributed by atoms with Crippen LogP contribution in [0.3, 0.4) is 0 Å². The van der Waals surface area contributed by atoms with Gasteiger partial charge in [-0.2, -0.15) is 0 Å². The smallest absolute Gasteiger partial charge is 0.335 e. The standard InChI is InChI=1S/C15H14N2O4/c1-17(11-7-5-10(6-8-11)15(19)20)14(18)12-4-3-9-16-13(12)21-2/h3-9H,1-2H3,(H,19,20). The van der Waals surface area contributed by atoms with E-state index in [0.717, 1.165) is 0 Å². The summed E-state index contributed by atoms with van der Waals surface area (Å²) in [5.41, 5.74) is 1.08. The molecule has 0 spiro atoms. The number of methoxy groups -OCH3 is 1. The highest BCUT2D eigenvalue weighted by Crippen LogP contribution is 2.20. The third-order valence-electron chi connectivity index (χ3n) is 3.00. The van der Waals surface area contributed by atoms with Crippen LogP contribution in [0.4, 0.5) is 5.69 Å².